The summed E-state index contributed by atoms with van der Waals surface area (Å²) < 4.78 is 1.91. The number of hydrogen-bond acceptors (Lipinski definition) is 3. The molecule has 0 spiro atoms. The van der Waals surface area contributed by atoms with Gasteiger partial charge < -0.3 is 10.2 Å². The van der Waals surface area contributed by atoms with E-state index < -0.39 is 5.54 Å². The van der Waals surface area contributed by atoms with Crippen molar-refractivity contribution in [1.29, 1.82) is 0 Å². The van der Waals surface area contributed by atoms with Gasteiger partial charge in [-0.2, -0.15) is 5.10 Å². The summed E-state index contributed by atoms with van der Waals surface area (Å²) in [7, 11) is 0. The Hall–Kier alpha value is -2.14. The minimum absolute atomic E-state index is 0.264. The molecule has 26 heavy (non-hydrogen) atoms. The summed E-state index contributed by atoms with van der Waals surface area (Å²) in [6.07, 6.45) is 8.72. The fraction of sp³-hybridized carbons (Fsp3) is 0.524. The number of likely N-dealkylation sites (tertiary alicyclic amines) is 1. The van der Waals surface area contributed by atoms with Gasteiger partial charge in [-0.3, -0.25) is 9.48 Å². The van der Waals surface area contributed by atoms with E-state index in [1.165, 1.54) is 12.0 Å². The Labute approximate surface area is 155 Å². The maximum absolute atomic E-state index is 13.6. The van der Waals surface area contributed by atoms with Crippen LogP contribution in [0.1, 0.15) is 31.2 Å². The van der Waals surface area contributed by atoms with Crippen molar-refractivity contribution in [2.75, 3.05) is 26.2 Å². The van der Waals surface area contributed by atoms with Gasteiger partial charge >= 0.3 is 0 Å². The van der Waals surface area contributed by atoms with Gasteiger partial charge in [-0.1, -0.05) is 30.3 Å². The first kappa shape index (κ1) is 17.3. The predicted molar refractivity (Wildman–Crippen MR) is 102 cm³/mol. The molecule has 0 saturated carbocycles. The van der Waals surface area contributed by atoms with Crippen molar-refractivity contribution < 1.29 is 4.79 Å². The van der Waals surface area contributed by atoms with Crippen molar-refractivity contribution in [3.05, 3.63) is 54.4 Å². The minimum atomic E-state index is -0.511. The Kier molecular flexibility index (Phi) is 5.07. The van der Waals surface area contributed by atoms with E-state index in [2.05, 4.69) is 45.6 Å². The number of nitrogens with one attached hydrogen (secondary N) is 1. The highest BCUT2D eigenvalue weighted by Crippen LogP contribution is 2.32. The van der Waals surface area contributed by atoms with E-state index >= 15 is 0 Å². The fourth-order valence-electron chi connectivity index (χ4n) is 4.56. The molecule has 1 aromatic heterocycles. The lowest BCUT2D eigenvalue weighted by Crippen LogP contribution is -2.57. The van der Waals surface area contributed by atoms with Gasteiger partial charge in [-0.05, 0) is 62.7 Å². The SMILES string of the molecule is O=C(N1CCCC(Cc2ccccc2)C1)C1(n2cccn2)CCNCC1. The van der Waals surface area contributed by atoms with Crippen LogP contribution in [0.25, 0.3) is 0 Å². The fourth-order valence-corrected chi connectivity index (χ4v) is 4.56. The zero-order valence-electron chi connectivity index (χ0n) is 15.3. The molecule has 1 aromatic carbocycles. The van der Waals surface area contributed by atoms with Crippen LogP contribution in [0.4, 0.5) is 0 Å². The Balaban J connectivity index is 1.50. The van der Waals surface area contributed by atoms with Gasteiger partial charge in [0.15, 0.2) is 0 Å². The lowest BCUT2D eigenvalue weighted by Gasteiger charge is -2.42. The van der Waals surface area contributed by atoms with Gasteiger partial charge in [0.25, 0.3) is 5.91 Å². The monoisotopic (exact) mass is 352 g/mol. The summed E-state index contributed by atoms with van der Waals surface area (Å²) in [6, 6.07) is 12.6. The van der Waals surface area contributed by atoms with Crippen molar-refractivity contribution in [2.45, 2.75) is 37.6 Å². The van der Waals surface area contributed by atoms with Crippen molar-refractivity contribution in [2.24, 2.45) is 5.92 Å². The molecule has 3 heterocycles. The van der Waals surface area contributed by atoms with Crippen molar-refractivity contribution in [3.8, 4) is 0 Å². The molecule has 5 heteroatoms. The molecule has 2 saturated heterocycles. The van der Waals surface area contributed by atoms with Crippen LogP contribution >= 0.6 is 0 Å². The standard InChI is InChI=1S/C21H28N4O/c26-20(21(9-12-22-13-10-21)25-15-5-11-23-25)24-14-4-8-19(17-24)16-18-6-2-1-3-7-18/h1-3,5-7,11,15,19,22H,4,8-10,12-14,16-17H2. The molecule has 2 aliphatic rings. The Bertz CT molecular complexity index is 707. The summed E-state index contributed by atoms with van der Waals surface area (Å²) in [5, 5.41) is 7.84. The highest BCUT2D eigenvalue weighted by molar-refractivity contribution is 5.84. The highest BCUT2D eigenvalue weighted by atomic mass is 16.2. The molecule has 138 valence electrons. The van der Waals surface area contributed by atoms with Crippen molar-refractivity contribution in [1.82, 2.24) is 20.0 Å². The summed E-state index contributed by atoms with van der Waals surface area (Å²) in [4.78, 5) is 15.7. The first-order valence-electron chi connectivity index (χ1n) is 9.82. The summed E-state index contributed by atoms with van der Waals surface area (Å²) >= 11 is 0. The molecular formula is C21H28N4O. The topological polar surface area (TPSA) is 50.2 Å². The first-order chi connectivity index (χ1) is 12.8. The number of benzene rings is 1. The van der Waals surface area contributed by atoms with E-state index in [0.717, 1.165) is 51.9 Å². The van der Waals surface area contributed by atoms with Crippen LogP contribution in [0.3, 0.4) is 0 Å². The van der Waals surface area contributed by atoms with Crippen molar-refractivity contribution in [3.63, 3.8) is 0 Å². The smallest absolute Gasteiger partial charge is 0.250 e. The molecule has 1 amide bonds. The van der Waals surface area contributed by atoms with E-state index in [9.17, 15) is 4.79 Å². The van der Waals surface area contributed by atoms with Gasteiger partial charge in [0.1, 0.15) is 5.54 Å². The minimum Gasteiger partial charge on any atom is -0.340 e. The van der Waals surface area contributed by atoms with E-state index in [0.29, 0.717) is 5.92 Å². The maximum atomic E-state index is 13.6. The van der Waals surface area contributed by atoms with Crippen LogP contribution < -0.4 is 5.32 Å². The molecule has 5 nitrogen and oxygen atoms in total. The number of aromatic nitrogens is 2. The Morgan fingerprint density at radius 2 is 2.00 bits per heavy atom. The number of rotatable bonds is 4. The molecule has 0 aliphatic carbocycles. The first-order valence-corrected chi connectivity index (χ1v) is 9.82. The van der Waals surface area contributed by atoms with E-state index in [-0.39, 0.29) is 5.91 Å². The molecule has 2 aliphatic heterocycles. The maximum Gasteiger partial charge on any atom is 0.250 e. The number of piperidine rings is 2. The molecule has 1 atom stereocenters. The zero-order valence-corrected chi connectivity index (χ0v) is 15.3. The molecule has 4 rings (SSSR count). The molecule has 1 unspecified atom stereocenters. The van der Waals surface area contributed by atoms with Gasteiger partial charge in [0.05, 0.1) is 0 Å². The largest absolute Gasteiger partial charge is 0.340 e. The van der Waals surface area contributed by atoms with Crippen LogP contribution in [-0.4, -0.2) is 46.8 Å². The van der Waals surface area contributed by atoms with Crippen LogP contribution in [0.5, 0.6) is 0 Å². The predicted octanol–water partition coefficient (Wildman–Crippen LogP) is 2.44. The highest BCUT2D eigenvalue weighted by Gasteiger charge is 2.45. The average Bonchev–Trinajstić information content (AvgIpc) is 3.24. The van der Waals surface area contributed by atoms with Gasteiger partial charge in [0, 0.05) is 25.5 Å². The van der Waals surface area contributed by atoms with E-state index in [4.69, 9.17) is 0 Å². The molecule has 1 N–H and O–H groups in total. The van der Waals surface area contributed by atoms with E-state index in [1.54, 1.807) is 6.20 Å². The van der Waals surface area contributed by atoms with Crippen LogP contribution in [-0.2, 0) is 16.8 Å². The summed E-state index contributed by atoms with van der Waals surface area (Å²) in [5.74, 6) is 0.812. The lowest BCUT2D eigenvalue weighted by atomic mass is 9.84. The molecule has 0 radical (unpaired) electrons. The number of amides is 1. The molecule has 0 bridgehead atoms. The van der Waals surface area contributed by atoms with Gasteiger partial charge in [0.2, 0.25) is 0 Å². The quantitative estimate of drug-likeness (QED) is 0.919. The van der Waals surface area contributed by atoms with Crippen LogP contribution in [0.2, 0.25) is 0 Å². The number of carbonyl (C=O) groups is 1. The van der Waals surface area contributed by atoms with E-state index in [1.807, 2.05) is 16.9 Å². The molecular weight excluding hydrogens is 324 g/mol. The second-order valence-corrected chi connectivity index (χ2v) is 7.68. The third-order valence-corrected chi connectivity index (χ3v) is 5.95. The molecule has 2 fully saturated rings. The summed E-state index contributed by atoms with van der Waals surface area (Å²) in [5.41, 5.74) is 0.860. The number of hydrogen-bond donors (Lipinski definition) is 1. The lowest BCUT2D eigenvalue weighted by molar-refractivity contribution is -0.145. The van der Waals surface area contributed by atoms with Crippen molar-refractivity contribution >= 4 is 5.91 Å². The van der Waals surface area contributed by atoms with Gasteiger partial charge in [-0.15, -0.1) is 0 Å². The van der Waals surface area contributed by atoms with Crippen LogP contribution in [0, 0.1) is 5.92 Å². The third kappa shape index (κ3) is 3.40. The second-order valence-electron chi connectivity index (χ2n) is 7.68. The Morgan fingerprint density at radius 1 is 1.19 bits per heavy atom. The van der Waals surface area contributed by atoms with Crippen LogP contribution in [0.15, 0.2) is 48.8 Å². The second kappa shape index (κ2) is 7.62. The number of carbonyl (C=O) groups excluding carboxylic acids is 1. The molecule has 2 aromatic rings. The third-order valence-electron chi connectivity index (χ3n) is 5.95. The zero-order chi connectivity index (χ0) is 17.8. The number of nitrogens with zero attached hydrogens (tertiary/aromatic N) is 3. The summed E-state index contributed by atoms with van der Waals surface area (Å²) in [6.45, 7) is 3.48. The normalized spacial score (nSPS) is 22.9. The van der Waals surface area contributed by atoms with Gasteiger partial charge in [-0.25, -0.2) is 0 Å². The average molecular weight is 352 g/mol. The Morgan fingerprint density at radius 3 is 2.73 bits per heavy atom.